The van der Waals surface area contributed by atoms with Crippen LogP contribution in [0, 0.1) is 6.92 Å². The zero-order valence-electron chi connectivity index (χ0n) is 22.1. The van der Waals surface area contributed by atoms with Gasteiger partial charge in [0.05, 0.1) is 17.9 Å². The zero-order chi connectivity index (χ0) is 27.1. The highest BCUT2D eigenvalue weighted by molar-refractivity contribution is 6.15. The van der Waals surface area contributed by atoms with Crippen LogP contribution in [0.15, 0.2) is 82.7 Å². The van der Waals surface area contributed by atoms with Gasteiger partial charge in [0.15, 0.2) is 11.5 Å². The number of aryl methyl sites for hydroxylation is 1. The van der Waals surface area contributed by atoms with Gasteiger partial charge in [0.2, 0.25) is 5.78 Å². The van der Waals surface area contributed by atoms with E-state index >= 15 is 0 Å². The first-order chi connectivity index (χ1) is 18.4. The van der Waals surface area contributed by atoms with Crippen LogP contribution in [-0.4, -0.2) is 66.0 Å². The van der Waals surface area contributed by atoms with Crippen molar-refractivity contribution >= 4 is 11.7 Å². The molecular formula is C30H34N2O6. The maximum absolute atomic E-state index is 13.3. The van der Waals surface area contributed by atoms with E-state index in [1.807, 2.05) is 43.3 Å². The van der Waals surface area contributed by atoms with Gasteiger partial charge in [0.1, 0.15) is 24.7 Å². The normalized spacial score (nSPS) is 15.4. The minimum Gasteiger partial charge on any atom is -0.503 e. The molecule has 200 valence electrons. The maximum Gasteiger partial charge on any atom is 0.290 e. The van der Waals surface area contributed by atoms with Gasteiger partial charge in [0, 0.05) is 13.1 Å². The Bertz CT molecular complexity index is 1260. The molecule has 0 bridgehead atoms. The topological polar surface area (TPSA) is 92.5 Å². The predicted octanol–water partition coefficient (Wildman–Crippen LogP) is 4.97. The summed E-state index contributed by atoms with van der Waals surface area (Å²) in [5.74, 6) is -0.0837. The van der Waals surface area contributed by atoms with Crippen molar-refractivity contribution < 1.29 is 28.6 Å². The first-order valence-electron chi connectivity index (χ1n) is 12.9. The van der Waals surface area contributed by atoms with E-state index in [-0.39, 0.29) is 11.3 Å². The number of likely N-dealkylation sites (N-methyl/N-ethyl adjacent to an activating group) is 1. The minimum atomic E-state index is -0.742. The number of ketones is 1. The number of furan rings is 1. The number of carbonyl (C=O) groups excluding carboxylic acids is 2. The van der Waals surface area contributed by atoms with Crippen LogP contribution in [0.1, 0.15) is 41.6 Å². The molecule has 0 unspecified atom stereocenters. The van der Waals surface area contributed by atoms with E-state index in [4.69, 9.17) is 13.9 Å². The van der Waals surface area contributed by atoms with Crippen molar-refractivity contribution in [3.63, 3.8) is 0 Å². The third-order valence-electron chi connectivity index (χ3n) is 6.74. The highest BCUT2D eigenvalue weighted by atomic mass is 16.5. The number of aliphatic hydroxyl groups is 1. The lowest BCUT2D eigenvalue weighted by Gasteiger charge is -2.29. The van der Waals surface area contributed by atoms with Crippen molar-refractivity contribution in [3.8, 4) is 11.5 Å². The molecule has 0 saturated heterocycles. The molecule has 0 fully saturated rings. The molecule has 1 atom stereocenters. The molecule has 1 aromatic heterocycles. The van der Waals surface area contributed by atoms with Gasteiger partial charge in [0.25, 0.3) is 5.91 Å². The summed E-state index contributed by atoms with van der Waals surface area (Å²) in [6, 6.07) is 17.4. The zero-order valence-corrected chi connectivity index (χ0v) is 22.1. The molecule has 1 aliphatic heterocycles. The molecule has 0 radical (unpaired) electrons. The van der Waals surface area contributed by atoms with E-state index in [2.05, 4.69) is 18.7 Å². The molecule has 38 heavy (non-hydrogen) atoms. The van der Waals surface area contributed by atoms with Crippen LogP contribution >= 0.6 is 0 Å². The van der Waals surface area contributed by atoms with Crippen molar-refractivity contribution in [1.82, 2.24) is 9.80 Å². The predicted molar refractivity (Wildman–Crippen MR) is 144 cm³/mol. The molecule has 0 aliphatic carbocycles. The van der Waals surface area contributed by atoms with Gasteiger partial charge in [-0.3, -0.25) is 9.59 Å². The number of carbonyl (C=O) groups is 2. The number of benzene rings is 2. The lowest BCUT2D eigenvalue weighted by Crippen LogP contribution is -2.38. The van der Waals surface area contributed by atoms with Crippen LogP contribution in [0.25, 0.3) is 0 Å². The fourth-order valence-corrected chi connectivity index (χ4v) is 4.57. The standard InChI is InChI=1S/C30H34N2O6/c1-4-31(5-2)16-17-32-27(26(29(34)30(32)35)28(33)25-11-8-18-37-25)22-12-14-23(15-13-22)36-19-20-38-24-10-7-6-9-21(24)3/h6-15,18,27,34H,4-5,16-17,19-20H2,1-3H3/t27-/m1/s1. The SMILES string of the molecule is CCN(CC)CCN1C(=O)C(O)=C(C(=O)c2ccco2)[C@H]1c1ccc(OCCOc2ccccc2C)cc1. The maximum atomic E-state index is 13.3. The van der Waals surface area contributed by atoms with Gasteiger partial charge >= 0.3 is 0 Å². The molecule has 1 amide bonds. The van der Waals surface area contributed by atoms with Crippen molar-refractivity contribution in [2.75, 3.05) is 39.4 Å². The Morgan fingerprint density at radius 2 is 1.71 bits per heavy atom. The third-order valence-corrected chi connectivity index (χ3v) is 6.74. The van der Waals surface area contributed by atoms with Gasteiger partial charge in [-0.25, -0.2) is 0 Å². The van der Waals surface area contributed by atoms with Crippen molar-refractivity contribution in [2.24, 2.45) is 0 Å². The fraction of sp³-hybridized carbons (Fsp3) is 0.333. The Hall–Kier alpha value is -4.04. The summed E-state index contributed by atoms with van der Waals surface area (Å²) in [7, 11) is 0. The average molecular weight is 519 g/mol. The quantitative estimate of drug-likeness (QED) is 0.252. The Kier molecular flexibility index (Phi) is 8.86. The van der Waals surface area contributed by atoms with Crippen LogP contribution in [0.5, 0.6) is 11.5 Å². The van der Waals surface area contributed by atoms with Crippen LogP contribution < -0.4 is 9.47 Å². The summed E-state index contributed by atoms with van der Waals surface area (Å²) in [5.41, 5.74) is 1.77. The summed E-state index contributed by atoms with van der Waals surface area (Å²) < 4.78 is 16.9. The van der Waals surface area contributed by atoms with E-state index in [0.717, 1.165) is 24.4 Å². The lowest BCUT2D eigenvalue weighted by molar-refractivity contribution is -0.129. The molecule has 4 rings (SSSR count). The number of hydrogen-bond acceptors (Lipinski definition) is 7. The monoisotopic (exact) mass is 518 g/mol. The van der Waals surface area contributed by atoms with Gasteiger partial charge in [-0.15, -0.1) is 0 Å². The minimum absolute atomic E-state index is 0.0183. The highest BCUT2D eigenvalue weighted by Crippen LogP contribution is 2.39. The second-order valence-corrected chi connectivity index (χ2v) is 9.03. The van der Waals surface area contributed by atoms with Crippen molar-refractivity contribution in [2.45, 2.75) is 26.8 Å². The molecular weight excluding hydrogens is 484 g/mol. The Labute approximate surface area is 223 Å². The molecule has 0 saturated carbocycles. The van der Waals surface area contributed by atoms with Gasteiger partial charge < -0.3 is 28.8 Å². The van der Waals surface area contributed by atoms with Crippen LogP contribution in [0.3, 0.4) is 0 Å². The summed E-state index contributed by atoms with van der Waals surface area (Å²) in [6.45, 7) is 9.49. The highest BCUT2D eigenvalue weighted by Gasteiger charge is 2.44. The second-order valence-electron chi connectivity index (χ2n) is 9.03. The third kappa shape index (κ3) is 5.92. The number of nitrogens with zero attached hydrogens (tertiary/aromatic N) is 2. The van der Waals surface area contributed by atoms with Crippen LogP contribution in [-0.2, 0) is 4.79 Å². The number of para-hydroxylation sites is 1. The molecule has 2 aromatic carbocycles. The van der Waals surface area contributed by atoms with E-state index in [1.54, 1.807) is 23.1 Å². The smallest absolute Gasteiger partial charge is 0.290 e. The number of Topliss-reactive ketones (excluding diaryl/α,β-unsaturated/α-hetero) is 1. The van der Waals surface area contributed by atoms with E-state index < -0.39 is 23.5 Å². The Balaban J connectivity index is 1.50. The lowest BCUT2D eigenvalue weighted by atomic mass is 9.95. The number of hydrogen-bond donors (Lipinski definition) is 1. The largest absolute Gasteiger partial charge is 0.503 e. The molecule has 1 N–H and O–H groups in total. The van der Waals surface area contributed by atoms with Crippen LogP contribution in [0.4, 0.5) is 0 Å². The second kappa shape index (κ2) is 12.5. The number of aliphatic hydroxyl groups excluding tert-OH is 1. The van der Waals surface area contributed by atoms with Crippen molar-refractivity contribution in [3.05, 3.63) is 95.1 Å². The first kappa shape index (κ1) is 27.0. The molecule has 1 aliphatic rings. The Morgan fingerprint density at radius 1 is 1.00 bits per heavy atom. The summed E-state index contributed by atoms with van der Waals surface area (Å²) >= 11 is 0. The molecule has 0 spiro atoms. The summed E-state index contributed by atoms with van der Waals surface area (Å²) in [6.07, 6.45) is 1.39. The van der Waals surface area contributed by atoms with Gasteiger partial charge in [-0.05, 0) is 61.5 Å². The van der Waals surface area contributed by atoms with Gasteiger partial charge in [-0.1, -0.05) is 44.2 Å². The molecule has 8 heteroatoms. The number of ether oxygens (including phenoxy) is 2. The number of amides is 1. The summed E-state index contributed by atoms with van der Waals surface area (Å²) in [4.78, 5) is 30.1. The Morgan fingerprint density at radius 3 is 2.37 bits per heavy atom. The number of rotatable bonds is 13. The van der Waals surface area contributed by atoms with E-state index in [0.29, 0.717) is 37.6 Å². The van der Waals surface area contributed by atoms with E-state index in [9.17, 15) is 14.7 Å². The van der Waals surface area contributed by atoms with Gasteiger partial charge in [-0.2, -0.15) is 0 Å². The average Bonchev–Trinajstić information content (AvgIpc) is 3.56. The molecule has 8 nitrogen and oxygen atoms in total. The fourth-order valence-electron chi connectivity index (χ4n) is 4.57. The first-order valence-corrected chi connectivity index (χ1v) is 12.9. The molecule has 3 aromatic rings. The van der Waals surface area contributed by atoms with Crippen molar-refractivity contribution in [1.29, 1.82) is 0 Å². The van der Waals surface area contributed by atoms with E-state index in [1.165, 1.54) is 12.3 Å². The van der Waals surface area contributed by atoms with Crippen LogP contribution in [0.2, 0.25) is 0 Å². The summed E-state index contributed by atoms with van der Waals surface area (Å²) in [5, 5.41) is 10.8. The molecule has 2 heterocycles.